The summed E-state index contributed by atoms with van der Waals surface area (Å²) in [7, 11) is 1.52. The van der Waals surface area contributed by atoms with Crippen molar-refractivity contribution in [1.82, 2.24) is 14.7 Å². The molecule has 0 aliphatic heterocycles. The van der Waals surface area contributed by atoms with Gasteiger partial charge in [-0.05, 0) is 24.7 Å². The van der Waals surface area contributed by atoms with Crippen LogP contribution in [0.1, 0.15) is 49.2 Å². The van der Waals surface area contributed by atoms with Crippen molar-refractivity contribution in [3.63, 3.8) is 0 Å². The smallest absolute Gasteiger partial charge is 0.280 e. The first-order valence-corrected chi connectivity index (χ1v) is 7.58. The summed E-state index contributed by atoms with van der Waals surface area (Å²) in [6.45, 7) is 4.29. The van der Waals surface area contributed by atoms with Crippen molar-refractivity contribution in [2.24, 2.45) is 11.8 Å². The lowest BCUT2D eigenvalue weighted by molar-refractivity contribution is 0.0634. The second-order valence-corrected chi connectivity index (χ2v) is 6.41. The van der Waals surface area contributed by atoms with Gasteiger partial charge in [-0.15, -0.1) is 0 Å². The molecule has 1 aromatic rings. The van der Waals surface area contributed by atoms with Gasteiger partial charge in [0.15, 0.2) is 0 Å². The Kier molecular flexibility index (Phi) is 5.16. The molecule has 124 valence electrons. The highest BCUT2D eigenvalue weighted by molar-refractivity contribution is 5.95. The second kappa shape index (κ2) is 6.73. The lowest BCUT2D eigenvalue weighted by Crippen LogP contribution is -2.35. The van der Waals surface area contributed by atoms with Crippen LogP contribution >= 0.6 is 0 Å². The van der Waals surface area contributed by atoms with E-state index in [2.05, 4.69) is 5.10 Å². The summed E-state index contributed by atoms with van der Waals surface area (Å²) >= 11 is 0. The first kappa shape index (κ1) is 16.9. The molecule has 22 heavy (non-hydrogen) atoms. The topological polar surface area (TPSA) is 58.4 Å². The van der Waals surface area contributed by atoms with Gasteiger partial charge in [0.05, 0.1) is 17.9 Å². The molecule has 1 aliphatic carbocycles. The van der Waals surface area contributed by atoms with Gasteiger partial charge in [0.1, 0.15) is 5.69 Å². The van der Waals surface area contributed by atoms with Crippen molar-refractivity contribution >= 4 is 5.91 Å². The van der Waals surface area contributed by atoms with Gasteiger partial charge in [0.25, 0.3) is 12.3 Å². The first-order valence-electron chi connectivity index (χ1n) is 7.58. The molecule has 0 radical (unpaired) electrons. The van der Waals surface area contributed by atoms with Crippen molar-refractivity contribution in [2.45, 2.75) is 45.8 Å². The first-order chi connectivity index (χ1) is 10.3. The van der Waals surface area contributed by atoms with Crippen molar-refractivity contribution < 1.29 is 18.7 Å². The van der Waals surface area contributed by atoms with E-state index in [1.165, 1.54) is 22.8 Å². The van der Waals surface area contributed by atoms with Crippen LogP contribution in [0.2, 0.25) is 0 Å². The molecule has 0 spiro atoms. The molecule has 1 aromatic heterocycles. The Bertz CT molecular complexity index is 527. The molecule has 2 rings (SSSR count). The lowest BCUT2D eigenvalue weighted by atomic mass is 10.1. The van der Waals surface area contributed by atoms with Crippen molar-refractivity contribution in [2.75, 3.05) is 13.6 Å². The van der Waals surface area contributed by atoms with E-state index >= 15 is 0 Å². The van der Waals surface area contributed by atoms with E-state index in [9.17, 15) is 18.7 Å². The lowest BCUT2D eigenvalue weighted by Gasteiger charge is -2.21. The number of halogens is 2. The van der Waals surface area contributed by atoms with Gasteiger partial charge < -0.3 is 10.0 Å². The van der Waals surface area contributed by atoms with Gasteiger partial charge >= 0.3 is 0 Å². The maximum atomic E-state index is 13.3. The quantitative estimate of drug-likeness (QED) is 0.840. The molecule has 1 heterocycles. The Hall–Kier alpha value is -1.50. The number of amides is 1. The fourth-order valence-electron chi connectivity index (χ4n) is 2.48. The third-order valence-electron chi connectivity index (χ3n) is 3.83. The normalized spacial score (nSPS) is 16.4. The SMILES string of the molecule is CC(C)Cn1ncc(C(=O)N(C)CC(O)C2CC2)c1C(F)F. The van der Waals surface area contributed by atoms with E-state index in [0.717, 1.165) is 12.8 Å². The third kappa shape index (κ3) is 3.82. The van der Waals surface area contributed by atoms with Crippen LogP contribution in [-0.4, -0.2) is 45.4 Å². The Labute approximate surface area is 128 Å². The van der Waals surface area contributed by atoms with Crippen LogP contribution < -0.4 is 0 Å². The standard InChI is InChI=1S/C15H23F2N3O2/c1-9(2)7-20-13(14(16)17)11(6-18-20)15(22)19(3)8-12(21)10-4-5-10/h6,9-10,12,14,21H,4-5,7-8H2,1-3H3. The Morgan fingerprint density at radius 2 is 2.14 bits per heavy atom. The summed E-state index contributed by atoms with van der Waals surface area (Å²) in [5, 5.41) is 13.8. The van der Waals surface area contributed by atoms with E-state index in [1.54, 1.807) is 0 Å². The maximum absolute atomic E-state index is 13.3. The molecule has 7 heteroatoms. The summed E-state index contributed by atoms with van der Waals surface area (Å²) in [6.07, 6.45) is -0.237. The number of carbonyl (C=O) groups is 1. The molecule has 1 aliphatic rings. The number of aromatic nitrogens is 2. The van der Waals surface area contributed by atoms with Crippen LogP contribution in [0.25, 0.3) is 0 Å². The number of aliphatic hydroxyl groups is 1. The molecule has 1 saturated carbocycles. The number of alkyl halides is 2. The number of aliphatic hydroxyl groups excluding tert-OH is 1. The fraction of sp³-hybridized carbons (Fsp3) is 0.733. The Morgan fingerprint density at radius 3 is 2.64 bits per heavy atom. The average Bonchev–Trinajstić information content (AvgIpc) is 3.19. The molecule has 0 saturated heterocycles. The minimum absolute atomic E-state index is 0.0823. The number of carbonyl (C=O) groups excluding carboxylic acids is 1. The molecule has 0 aromatic carbocycles. The summed E-state index contributed by atoms with van der Waals surface area (Å²) in [4.78, 5) is 13.7. The second-order valence-electron chi connectivity index (χ2n) is 6.41. The third-order valence-corrected chi connectivity index (χ3v) is 3.83. The zero-order chi connectivity index (χ0) is 16.4. The zero-order valence-electron chi connectivity index (χ0n) is 13.2. The van der Waals surface area contributed by atoms with Gasteiger partial charge in [-0.2, -0.15) is 5.10 Å². The van der Waals surface area contributed by atoms with E-state index in [4.69, 9.17) is 0 Å². The highest BCUT2D eigenvalue weighted by atomic mass is 19.3. The van der Waals surface area contributed by atoms with Crippen LogP contribution in [0, 0.1) is 11.8 Å². The summed E-state index contributed by atoms with van der Waals surface area (Å²) < 4.78 is 27.8. The average molecular weight is 315 g/mol. The van der Waals surface area contributed by atoms with Gasteiger partial charge in [-0.1, -0.05) is 13.8 Å². The predicted molar refractivity (Wildman–Crippen MR) is 77.7 cm³/mol. The van der Waals surface area contributed by atoms with Crippen LogP contribution in [-0.2, 0) is 6.54 Å². The number of likely N-dealkylation sites (N-methyl/N-ethyl adjacent to an activating group) is 1. The van der Waals surface area contributed by atoms with E-state index in [-0.39, 0.29) is 29.6 Å². The summed E-state index contributed by atoms with van der Waals surface area (Å²) in [5.41, 5.74) is -0.424. The monoisotopic (exact) mass is 315 g/mol. The number of rotatable bonds is 7. The van der Waals surface area contributed by atoms with Crippen molar-refractivity contribution in [1.29, 1.82) is 0 Å². The molecule has 0 bridgehead atoms. The molecule has 5 nitrogen and oxygen atoms in total. The van der Waals surface area contributed by atoms with Gasteiger partial charge in [-0.3, -0.25) is 9.48 Å². The molecular weight excluding hydrogens is 292 g/mol. The van der Waals surface area contributed by atoms with Crippen molar-refractivity contribution in [3.05, 3.63) is 17.5 Å². The minimum atomic E-state index is -2.76. The Morgan fingerprint density at radius 1 is 1.50 bits per heavy atom. The largest absolute Gasteiger partial charge is 0.391 e. The minimum Gasteiger partial charge on any atom is -0.391 e. The van der Waals surface area contributed by atoms with Crippen molar-refractivity contribution in [3.8, 4) is 0 Å². The number of nitrogens with zero attached hydrogens (tertiary/aromatic N) is 3. The summed E-state index contributed by atoms with van der Waals surface area (Å²) in [6, 6.07) is 0. The van der Waals surface area contributed by atoms with Gasteiger partial charge in [0, 0.05) is 20.1 Å². The zero-order valence-corrected chi connectivity index (χ0v) is 13.2. The van der Waals surface area contributed by atoms with Crippen LogP contribution in [0.3, 0.4) is 0 Å². The van der Waals surface area contributed by atoms with Crippen LogP contribution in [0.15, 0.2) is 6.20 Å². The molecular formula is C15H23F2N3O2. The van der Waals surface area contributed by atoms with E-state index in [1.807, 2.05) is 13.8 Å². The molecule has 1 atom stereocenters. The molecule has 1 amide bonds. The summed E-state index contributed by atoms with van der Waals surface area (Å²) in [5.74, 6) is -0.145. The number of hydrogen-bond donors (Lipinski definition) is 1. The molecule has 1 N–H and O–H groups in total. The van der Waals surface area contributed by atoms with Gasteiger partial charge in [-0.25, -0.2) is 8.78 Å². The highest BCUT2D eigenvalue weighted by Crippen LogP contribution is 2.33. The number of hydrogen-bond acceptors (Lipinski definition) is 3. The van der Waals surface area contributed by atoms with Crippen LogP contribution in [0.4, 0.5) is 8.78 Å². The van der Waals surface area contributed by atoms with Crippen LogP contribution in [0.5, 0.6) is 0 Å². The highest BCUT2D eigenvalue weighted by Gasteiger charge is 2.33. The van der Waals surface area contributed by atoms with E-state index in [0.29, 0.717) is 6.54 Å². The van der Waals surface area contributed by atoms with E-state index < -0.39 is 18.4 Å². The fourth-order valence-corrected chi connectivity index (χ4v) is 2.48. The maximum Gasteiger partial charge on any atom is 0.280 e. The molecule has 1 unspecified atom stereocenters. The van der Waals surface area contributed by atoms with Gasteiger partial charge in [0.2, 0.25) is 0 Å². The predicted octanol–water partition coefficient (Wildman–Crippen LogP) is 2.32. The Balaban J connectivity index is 2.15. The molecule has 1 fully saturated rings.